The molecule has 2 rings (SSSR count). The lowest BCUT2D eigenvalue weighted by Crippen LogP contribution is -2.17. The van der Waals surface area contributed by atoms with Gasteiger partial charge in [-0.15, -0.1) is 0 Å². The molecule has 0 aliphatic heterocycles. The van der Waals surface area contributed by atoms with E-state index in [1.165, 1.54) is 5.56 Å². The highest BCUT2D eigenvalue weighted by Gasteiger charge is 2.41. The average molecular weight is 191 g/mol. The van der Waals surface area contributed by atoms with E-state index in [1.54, 1.807) is 0 Å². The Labute approximate surface area is 84.7 Å². The van der Waals surface area contributed by atoms with E-state index in [1.807, 2.05) is 19.1 Å². The molecule has 2 nitrogen and oxygen atoms in total. The molecule has 0 saturated heterocycles. The van der Waals surface area contributed by atoms with Crippen LogP contribution in [0.4, 0.5) is 0 Å². The van der Waals surface area contributed by atoms with E-state index in [4.69, 9.17) is 5.73 Å². The Kier molecular flexibility index (Phi) is 2.33. The fourth-order valence-electron chi connectivity index (χ4n) is 1.73. The molecule has 76 valence electrons. The van der Waals surface area contributed by atoms with Gasteiger partial charge in [-0.05, 0) is 37.3 Å². The molecular formula is C12H17NO. The summed E-state index contributed by atoms with van der Waals surface area (Å²) in [5.74, 6) is 0. The van der Waals surface area contributed by atoms with E-state index in [-0.39, 0.29) is 6.04 Å². The molecule has 1 aliphatic carbocycles. The molecule has 3 N–H and O–H groups in total. The number of rotatable bonds is 3. The number of aliphatic hydroxyl groups is 1. The zero-order chi connectivity index (χ0) is 10.2. The lowest BCUT2D eigenvalue weighted by Gasteiger charge is -2.10. The second-order valence-electron chi connectivity index (χ2n) is 4.41. The second kappa shape index (κ2) is 3.37. The molecule has 1 unspecified atom stereocenters. The normalized spacial score (nSPS) is 20.5. The highest BCUT2D eigenvalue weighted by atomic mass is 16.3. The molecule has 0 amide bonds. The van der Waals surface area contributed by atoms with Crippen molar-refractivity contribution in [3.63, 3.8) is 0 Å². The molecule has 1 atom stereocenters. The van der Waals surface area contributed by atoms with Crippen molar-refractivity contribution in [1.82, 2.24) is 0 Å². The van der Waals surface area contributed by atoms with Crippen molar-refractivity contribution in [3.8, 4) is 0 Å². The molecule has 1 aliphatic rings. The van der Waals surface area contributed by atoms with Gasteiger partial charge in [0.05, 0.1) is 5.60 Å². The van der Waals surface area contributed by atoms with Crippen LogP contribution in [0.25, 0.3) is 0 Å². The molecule has 1 aromatic rings. The van der Waals surface area contributed by atoms with E-state index in [0.717, 1.165) is 24.8 Å². The Hall–Kier alpha value is -0.860. The SMILES string of the molecule is CC(N)Cc1ccc(C2(O)CC2)cc1. The van der Waals surface area contributed by atoms with E-state index in [2.05, 4.69) is 12.1 Å². The summed E-state index contributed by atoms with van der Waals surface area (Å²) in [4.78, 5) is 0. The third kappa shape index (κ3) is 1.97. The highest BCUT2D eigenvalue weighted by molar-refractivity contribution is 5.30. The summed E-state index contributed by atoms with van der Waals surface area (Å²) in [6.07, 6.45) is 2.71. The Morgan fingerprint density at radius 2 is 1.93 bits per heavy atom. The fourth-order valence-corrected chi connectivity index (χ4v) is 1.73. The third-order valence-corrected chi connectivity index (χ3v) is 2.77. The molecule has 0 aromatic heterocycles. The third-order valence-electron chi connectivity index (χ3n) is 2.77. The number of hydrogen-bond donors (Lipinski definition) is 2. The predicted octanol–water partition coefficient (Wildman–Crippen LogP) is 1.56. The maximum atomic E-state index is 9.85. The van der Waals surface area contributed by atoms with Crippen LogP contribution in [0, 0.1) is 0 Å². The van der Waals surface area contributed by atoms with Crippen molar-refractivity contribution in [2.45, 2.75) is 37.8 Å². The Balaban J connectivity index is 2.10. The van der Waals surface area contributed by atoms with Crippen LogP contribution in [0.15, 0.2) is 24.3 Å². The lowest BCUT2D eigenvalue weighted by atomic mass is 10.0. The molecule has 1 aromatic carbocycles. The molecule has 1 saturated carbocycles. The lowest BCUT2D eigenvalue weighted by molar-refractivity contribution is 0.151. The molecule has 0 heterocycles. The Morgan fingerprint density at radius 1 is 1.36 bits per heavy atom. The van der Waals surface area contributed by atoms with Crippen LogP contribution >= 0.6 is 0 Å². The van der Waals surface area contributed by atoms with Gasteiger partial charge in [0.15, 0.2) is 0 Å². The summed E-state index contributed by atoms with van der Waals surface area (Å²) >= 11 is 0. The first kappa shape index (κ1) is 9.69. The molecular weight excluding hydrogens is 174 g/mol. The smallest absolute Gasteiger partial charge is 0.0899 e. The Bertz CT molecular complexity index is 312. The molecule has 2 heteroatoms. The maximum absolute atomic E-state index is 9.85. The zero-order valence-corrected chi connectivity index (χ0v) is 8.53. The molecule has 0 radical (unpaired) electrons. The van der Waals surface area contributed by atoms with Gasteiger partial charge in [-0.3, -0.25) is 0 Å². The summed E-state index contributed by atoms with van der Waals surface area (Å²) in [6, 6.07) is 8.37. The first-order valence-corrected chi connectivity index (χ1v) is 5.17. The van der Waals surface area contributed by atoms with Gasteiger partial charge >= 0.3 is 0 Å². The van der Waals surface area contributed by atoms with Crippen LogP contribution < -0.4 is 5.73 Å². The molecule has 0 spiro atoms. The van der Waals surface area contributed by atoms with Crippen molar-refractivity contribution >= 4 is 0 Å². The van der Waals surface area contributed by atoms with Gasteiger partial charge in [-0.1, -0.05) is 24.3 Å². The average Bonchev–Trinajstić information content (AvgIpc) is 2.85. The maximum Gasteiger partial charge on any atom is 0.0899 e. The quantitative estimate of drug-likeness (QED) is 0.761. The highest BCUT2D eigenvalue weighted by Crippen LogP contribution is 2.45. The van der Waals surface area contributed by atoms with Crippen molar-refractivity contribution in [3.05, 3.63) is 35.4 Å². The van der Waals surface area contributed by atoms with Gasteiger partial charge in [-0.25, -0.2) is 0 Å². The van der Waals surface area contributed by atoms with Crippen LogP contribution in [0.5, 0.6) is 0 Å². The van der Waals surface area contributed by atoms with Gasteiger partial charge < -0.3 is 10.8 Å². The molecule has 0 bridgehead atoms. The first-order valence-electron chi connectivity index (χ1n) is 5.17. The summed E-state index contributed by atoms with van der Waals surface area (Å²) in [5, 5.41) is 9.85. The Morgan fingerprint density at radius 3 is 2.36 bits per heavy atom. The summed E-state index contributed by atoms with van der Waals surface area (Å²) in [5.41, 5.74) is 7.49. The van der Waals surface area contributed by atoms with E-state index >= 15 is 0 Å². The largest absolute Gasteiger partial charge is 0.385 e. The zero-order valence-electron chi connectivity index (χ0n) is 8.53. The van der Waals surface area contributed by atoms with Crippen molar-refractivity contribution < 1.29 is 5.11 Å². The van der Waals surface area contributed by atoms with Crippen LogP contribution in [-0.4, -0.2) is 11.1 Å². The minimum absolute atomic E-state index is 0.199. The van der Waals surface area contributed by atoms with Crippen molar-refractivity contribution in [2.24, 2.45) is 5.73 Å². The van der Waals surface area contributed by atoms with Gasteiger partial charge in [-0.2, -0.15) is 0 Å². The summed E-state index contributed by atoms with van der Waals surface area (Å²) in [7, 11) is 0. The van der Waals surface area contributed by atoms with Gasteiger partial charge in [0.2, 0.25) is 0 Å². The van der Waals surface area contributed by atoms with E-state index in [9.17, 15) is 5.11 Å². The van der Waals surface area contributed by atoms with Crippen LogP contribution in [0.1, 0.15) is 30.9 Å². The molecule has 14 heavy (non-hydrogen) atoms. The standard InChI is InChI=1S/C12H17NO/c1-9(13)8-10-2-4-11(5-3-10)12(14)6-7-12/h2-5,9,14H,6-8,13H2,1H3. The summed E-state index contributed by atoms with van der Waals surface area (Å²) < 4.78 is 0. The number of hydrogen-bond acceptors (Lipinski definition) is 2. The summed E-state index contributed by atoms with van der Waals surface area (Å²) in [6.45, 7) is 2.00. The second-order valence-corrected chi connectivity index (χ2v) is 4.41. The van der Waals surface area contributed by atoms with Gasteiger partial charge in [0.25, 0.3) is 0 Å². The number of benzene rings is 1. The van der Waals surface area contributed by atoms with Gasteiger partial charge in [0.1, 0.15) is 0 Å². The van der Waals surface area contributed by atoms with Crippen molar-refractivity contribution in [1.29, 1.82) is 0 Å². The van der Waals surface area contributed by atoms with Crippen LogP contribution in [-0.2, 0) is 12.0 Å². The van der Waals surface area contributed by atoms with Crippen LogP contribution in [0.3, 0.4) is 0 Å². The first-order chi connectivity index (χ1) is 6.60. The predicted molar refractivity (Wildman–Crippen MR) is 56.9 cm³/mol. The minimum Gasteiger partial charge on any atom is -0.385 e. The van der Waals surface area contributed by atoms with Crippen molar-refractivity contribution in [2.75, 3.05) is 0 Å². The minimum atomic E-state index is -0.507. The van der Waals surface area contributed by atoms with Crippen LogP contribution in [0.2, 0.25) is 0 Å². The topological polar surface area (TPSA) is 46.2 Å². The van der Waals surface area contributed by atoms with E-state index in [0.29, 0.717) is 0 Å². The number of nitrogens with two attached hydrogens (primary N) is 1. The van der Waals surface area contributed by atoms with Gasteiger partial charge in [0, 0.05) is 6.04 Å². The van der Waals surface area contributed by atoms with E-state index < -0.39 is 5.60 Å². The monoisotopic (exact) mass is 191 g/mol. The molecule has 1 fully saturated rings. The fraction of sp³-hybridized carbons (Fsp3) is 0.500.